The van der Waals surface area contributed by atoms with Crippen molar-refractivity contribution in [2.45, 2.75) is 31.0 Å². The van der Waals surface area contributed by atoms with E-state index in [9.17, 15) is 17.6 Å². The van der Waals surface area contributed by atoms with Crippen molar-refractivity contribution in [2.75, 3.05) is 13.1 Å². The summed E-state index contributed by atoms with van der Waals surface area (Å²) in [6.45, 7) is 3.67. The molecule has 0 unspecified atom stereocenters. The number of amides is 1. The molecule has 1 aromatic carbocycles. The van der Waals surface area contributed by atoms with E-state index in [0.717, 1.165) is 11.3 Å². The minimum absolute atomic E-state index is 0.0652. The summed E-state index contributed by atoms with van der Waals surface area (Å²) >= 11 is 1.23. The van der Waals surface area contributed by atoms with Crippen molar-refractivity contribution >= 4 is 27.3 Å². The monoisotopic (exact) mass is 384 g/mol. The summed E-state index contributed by atoms with van der Waals surface area (Å²) in [4.78, 5) is 14.2. The van der Waals surface area contributed by atoms with Crippen LogP contribution in [0, 0.1) is 5.82 Å². The summed E-state index contributed by atoms with van der Waals surface area (Å²) in [5.74, 6) is -0.633. The highest BCUT2D eigenvalue weighted by Crippen LogP contribution is 2.21. The molecule has 0 aliphatic carbocycles. The molecule has 136 valence electrons. The summed E-state index contributed by atoms with van der Waals surface area (Å²) in [7, 11) is -3.60. The Balaban J connectivity index is 1.97. The number of hydrogen-bond acceptors (Lipinski definition) is 4. The Morgan fingerprint density at radius 1 is 1.24 bits per heavy atom. The van der Waals surface area contributed by atoms with Gasteiger partial charge in [0.05, 0.1) is 0 Å². The molecule has 0 aliphatic heterocycles. The topological polar surface area (TPSA) is 66.5 Å². The molecule has 0 bridgehead atoms. The number of benzene rings is 1. The maximum absolute atomic E-state index is 13.7. The second-order valence-corrected chi connectivity index (χ2v) is 8.67. The Labute approximate surface area is 151 Å². The maximum atomic E-state index is 13.7. The molecule has 1 amide bonds. The molecule has 25 heavy (non-hydrogen) atoms. The van der Waals surface area contributed by atoms with Crippen LogP contribution in [0.5, 0.6) is 0 Å². The molecule has 2 aromatic rings. The average Bonchev–Trinajstić information content (AvgIpc) is 3.05. The van der Waals surface area contributed by atoms with E-state index in [1.165, 1.54) is 29.2 Å². The standard InChI is InChI=1S/C17H21FN2O3S2/c1-3-15-8-9-17(24-15)25(22,23)19-10-11-20(13(2)21)12-14-6-4-5-7-16(14)18/h4-9,19H,3,10-12H2,1-2H3. The minimum atomic E-state index is -3.60. The molecule has 8 heteroatoms. The second kappa shape index (κ2) is 8.55. The van der Waals surface area contributed by atoms with Gasteiger partial charge in [-0.15, -0.1) is 11.3 Å². The van der Waals surface area contributed by atoms with Crippen LogP contribution in [0.15, 0.2) is 40.6 Å². The van der Waals surface area contributed by atoms with Gasteiger partial charge in [-0.1, -0.05) is 25.1 Å². The number of carbonyl (C=O) groups is 1. The van der Waals surface area contributed by atoms with Gasteiger partial charge in [0, 0.05) is 37.0 Å². The second-order valence-electron chi connectivity index (χ2n) is 5.50. The first-order chi connectivity index (χ1) is 11.8. The molecule has 1 aromatic heterocycles. The van der Waals surface area contributed by atoms with E-state index in [4.69, 9.17) is 0 Å². The molecule has 0 saturated heterocycles. The third-order valence-corrected chi connectivity index (χ3v) is 6.87. The highest BCUT2D eigenvalue weighted by Gasteiger charge is 2.18. The highest BCUT2D eigenvalue weighted by molar-refractivity contribution is 7.91. The Bertz CT molecular complexity index is 834. The van der Waals surface area contributed by atoms with Gasteiger partial charge in [-0.2, -0.15) is 0 Å². The summed E-state index contributed by atoms with van der Waals surface area (Å²) in [6.07, 6.45) is 0.779. The molecule has 0 radical (unpaired) electrons. The molecule has 0 saturated carbocycles. The number of nitrogens with zero attached hydrogens (tertiary/aromatic N) is 1. The fourth-order valence-electron chi connectivity index (χ4n) is 2.26. The lowest BCUT2D eigenvalue weighted by molar-refractivity contribution is -0.129. The lowest BCUT2D eigenvalue weighted by atomic mass is 10.2. The number of sulfonamides is 1. The predicted octanol–water partition coefficient (Wildman–Crippen LogP) is 2.78. The molecular weight excluding hydrogens is 363 g/mol. The average molecular weight is 384 g/mol. The van der Waals surface area contributed by atoms with Gasteiger partial charge in [-0.25, -0.2) is 17.5 Å². The molecular formula is C17H21FN2O3S2. The third-order valence-electron chi connectivity index (χ3n) is 3.69. The zero-order valence-electron chi connectivity index (χ0n) is 14.2. The number of nitrogens with one attached hydrogen (secondary N) is 1. The van der Waals surface area contributed by atoms with E-state index < -0.39 is 10.0 Å². The first-order valence-corrected chi connectivity index (χ1v) is 10.2. The van der Waals surface area contributed by atoms with E-state index in [2.05, 4.69) is 4.72 Å². The fraction of sp³-hybridized carbons (Fsp3) is 0.353. The van der Waals surface area contributed by atoms with Gasteiger partial charge in [0.2, 0.25) is 15.9 Å². The van der Waals surface area contributed by atoms with Gasteiger partial charge in [-0.3, -0.25) is 4.79 Å². The maximum Gasteiger partial charge on any atom is 0.250 e. The summed E-state index contributed by atoms with van der Waals surface area (Å²) in [5, 5.41) is 0. The van der Waals surface area contributed by atoms with Gasteiger partial charge in [-0.05, 0) is 24.6 Å². The Morgan fingerprint density at radius 3 is 2.56 bits per heavy atom. The number of hydrogen-bond donors (Lipinski definition) is 1. The predicted molar refractivity (Wildman–Crippen MR) is 96.4 cm³/mol. The Kier molecular flexibility index (Phi) is 6.69. The van der Waals surface area contributed by atoms with Crippen LogP contribution in [0.1, 0.15) is 24.3 Å². The summed E-state index contributed by atoms with van der Waals surface area (Å²) in [6, 6.07) is 9.58. The summed E-state index contributed by atoms with van der Waals surface area (Å²) < 4.78 is 41.0. The van der Waals surface area contributed by atoms with Gasteiger partial charge in [0.25, 0.3) is 0 Å². The molecule has 1 heterocycles. The molecule has 0 aliphatic rings. The van der Waals surface area contributed by atoms with Crippen molar-refractivity contribution in [3.63, 3.8) is 0 Å². The quantitative estimate of drug-likeness (QED) is 0.761. The molecule has 1 N–H and O–H groups in total. The van der Waals surface area contributed by atoms with Crippen LogP contribution < -0.4 is 4.72 Å². The van der Waals surface area contributed by atoms with Crippen molar-refractivity contribution in [1.82, 2.24) is 9.62 Å². The normalized spacial score (nSPS) is 11.5. The fourth-order valence-corrected chi connectivity index (χ4v) is 4.62. The number of halogens is 1. The number of rotatable bonds is 8. The number of carbonyl (C=O) groups excluding carboxylic acids is 1. The molecule has 0 spiro atoms. The van der Waals surface area contributed by atoms with Crippen LogP contribution in [0.25, 0.3) is 0 Å². The van der Waals surface area contributed by atoms with Crippen molar-refractivity contribution in [3.05, 3.63) is 52.7 Å². The number of thiophene rings is 1. The molecule has 0 atom stereocenters. The first kappa shape index (κ1) is 19.6. The van der Waals surface area contributed by atoms with Crippen LogP contribution in [-0.4, -0.2) is 32.3 Å². The smallest absolute Gasteiger partial charge is 0.250 e. The molecule has 5 nitrogen and oxygen atoms in total. The Hall–Kier alpha value is -1.77. The SMILES string of the molecule is CCc1ccc(S(=O)(=O)NCCN(Cc2ccccc2F)C(C)=O)s1. The van der Waals surface area contributed by atoms with Gasteiger partial charge in [0.1, 0.15) is 10.0 Å². The number of aryl methyl sites for hydroxylation is 1. The van der Waals surface area contributed by atoms with Crippen LogP contribution in [0.4, 0.5) is 4.39 Å². The first-order valence-electron chi connectivity index (χ1n) is 7.90. The van der Waals surface area contributed by atoms with E-state index in [0.29, 0.717) is 5.56 Å². The van der Waals surface area contributed by atoms with Crippen LogP contribution in [0.2, 0.25) is 0 Å². The lowest BCUT2D eigenvalue weighted by Crippen LogP contribution is -2.37. The van der Waals surface area contributed by atoms with Gasteiger partial charge < -0.3 is 4.90 Å². The molecule has 0 fully saturated rings. The Morgan fingerprint density at radius 2 is 1.96 bits per heavy atom. The lowest BCUT2D eigenvalue weighted by Gasteiger charge is -2.21. The molecule has 2 rings (SSSR count). The van der Waals surface area contributed by atoms with Crippen LogP contribution in [-0.2, 0) is 27.8 Å². The zero-order chi connectivity index (χ0) is 18.4. The largest absolute Gasteiger partial charge is 0.337 e. The van der Waals surface area contributed by atoms with Crippen LogP contribution in [0.3, 0.4) is 0 Å². The third kappa shape index (κ3) is 5.35. The van der Waals surface area contributed by atoms with E-state index in [-0.39, 0.29) is 35.6 Å². The van der Waals surface area contributed by atoms with Gasteiger partial charge >= 0.3 is 0 Å². The van der Waals surface area contributed by atoms with Gasteiger partial charge in [0.15, 0.2) is 0 Å². The van der Waals surface area contributed by atoms with Crippen LogP contribution >= 0.6 is 11.3 Å². The summed E-state index contributed by atoms with van der Waals surface area (Å²) in [5.41, 5.74) is 0.395. The van der Waals surface area contributed by atoms with Crippen molar-refractivity contribution in [2.24, 2.45) is 0 Å². The van der Waals surface area contributed by atoms with E-state index in [1.54, 1.807) is 30.3 Å². The van der Waals surface area contributed by atoms with Crippen molar-refractivity contribution < 1.29 is 17.6 Å². The van der Waals surface area contributed by atoms with Crippen molar-refractivity contribution in [3.8, 4) is 0 Å². The highest BCUT2D eigenvalue weighted by atomic mass is 32.2. The zero-order valence-corrected chi connectivity index (χ0v) is 15.8. The van der Waals surface area contributed by atoms with Crippen molar-refractivity contribution in [1.29, 1.82) is 0 Å². The van der Waals surface area contributed by atoms with E-state index in [1.807, 2.05) is 6.92 Å². The minimum Gasteiger partial charge on any atom is -0.337 e. The van der Waals surface area contributed by atoms with E-state index >= 15 is 0 Å².